The number of morpholine rings is 1. The second-order valence-corrected chi connectivity index (χ2v) is 4.95. The van der Waals surface area contributed by atoms with E-state index in [1.807, 2.05) is 4.90 Å². The maximum atomic E-state index is 12.1. The lowest BCUT2D eigenvalue weighted by Crippen LogP contribution is -2.38. The predicted octanol–water partition coefficient (Wildman–Crippen LogP) is 1.54. The third kappa shape index (κ3) is 2.38. The van der Waals surface area contributed by atoms with Gasteiger partial charge in [0, 0.05) is 24.5 Å². The van der Waals surface area contributed by atoms with E-state index < -0.39 is 5.63 Å². The van der Waals surface area contributed by atoms with Crippen LogP contribution in [0.5, 0.6) is 5.75 Å². The number of nitrogens with zero attached hydrogens (tertiary/aromatic N) is 1. The lowest BCUT2D eigenvalue weighted by Gasteiger charge is -2.30. The molecule has 1 aliphatic heterocycles. The third-order valence-corrected chi connectivity index (χ3v) is 3.54. The topological polar surface area (TPSA) is 80.0 Å². The summed E-state index contributed by atoms with van der Waals surface area (Å²) in [5.41, 5.74) is 0.209. The number of phenols is 1. The summed E-state index contributed by atoms with van der Waals surface area (Å²) in [6, 6.07) is 4.55. The molecule has 0 amide bonds. The Hall–Kier alpha value is -2.34. The molecular weight excluding hydrogens is 274 g/mol. The molecule has 1 aliphatic rings. The van der Waals surface area contributed by atoms with E-state index in [1.54, 1.807) is 6.07 Å². The maximum Gasteiger partial charge on any atom is 0.349 e. The van der Waals surface area contributed by atoms with E-state index in [-0.39, 0.29) is 22.7 Å². The number of ether oxygens (including phenoxy) is 1. The molecule has 1 N–H and O–H groups in total. The van der Waals surface area contributed by atoms with Crippen LogP contribution in [0.25, 0.3) is 11.0 Å². The fraction of sp³-hybridized carbons (Fsp3) is 0.333. The molecule has 21 heavy (non-hydrogen) atoms. The second-order valence-electron chi connectivity index (χ2n) is 4.95. The molecule has 1 aromatic heterocycles. The van der Waals surface area contributed by atoms with Crippen molar-refractivity contribution in [1.29, 1.82) is 0 Å². The van der Waals surface area contributed by atoms with Crippen LogP contribution in [0.2, 0.25) is 0 Å². The Balaban J connectivity index is 2.33. The Bertz CT molecular complexity index is 758. The number of carbonyl (C=O) groups excluding carboxylic acids is 1. The van der Waals surface area contributed by atoms with E-state index in [4.69, 9.17) is 9.15 Å². The van der Waals surface area contributed by atoms with Gasteiger partial charge < -0.3 is 19.2 Å². The van der Waals surface area contributed by atoms with Crippen LogP contribution in [-0.2, 0) is 4.74 Å². The molecular formula is C15H15NO5. The summed E-state index contributed by atoms with van der Waals surface area (Å²) in [5, 5.41) is 10.2. The molecule has 0 bridgehead atoms. The number of anilines is 1. The van der Waals surface area contributed by atoms with Gasteiger partial charge in [0.1, 0.15) is 16.9 Å². The SMILES string of the molecule is CC(=O)c1c(N2CCOCC2)c2ccc(O)cc2oc1=O. The molecule has 6 heteroatoms. The molecule has 3 rings (SSSR count). The number of Topliss-reactive ketones (excluding diaryl/α,β-unsaturated/α-hetero) is 1. The summed E-state index contributed by atoms with van der Waals surface area (Å²) < 4.78 is 10.5. The Kier molecular flexibility index (Phi) is 3.39. The van der Waals surface area contributed by atoms with Gasteiger partial charge in [-0.3, -0.25) is 4.79 Å². The fourth-order valence-electron chi connectivity index (χ4n) is 2.60. The number of carbonyl (C=O) groups is 1. The first kappa shape index (κ1) is 13.6. The van der Waals surface area contributed by atoms with Gasteiger partial charge >= 0.3 is 5.63 Å². The zero-order valence-electron chi connectivity index (χ0n) is 11.6. The van der Waals surface area contributed by atoms with Crippen molar-refractivity contribution < 1.29 is 19.1 Å². The molecule has 110 valence electrons. The number of benzene rings is 1. The van der Waals surface area contributed by atoms with Crippen LogP contribution in [0.3, 0.4) is 0 Å². The van der Waals surface area contributed by atoms with Crippen molar-refractivity contribution >= 4 is 22.4 Å². The quantitative estimate of drug-likeness (QED) is 0.667. The first-order chi connectivity index (χ1) is 10.1. The maximum absolute atomic E-state index is 12.1. The Morgan fingerprint density at radius 3 is 2.67 bits per heavy atom. The smallest absolute Gasteiger partial charge is 0.349 e. The van der Waals surface area contributed by atoms with E-state index in [0.29, 0.717) is 37.4 Å². The molecule has 0 radical (unpaired) electrons. The molecule has 1 saturated heterocycles. The van der Waals surface area contributed by atoms with E-state index in [1.165, 1.54) is 19.1 Å². The molecule has 0 unspecified atom stereocenters. The van der Waals surface area contributed by atoms with E-state index in [2.05, 4.69) is 0 Å². The highest BCUT2D eigenvalue weighted by molar-refractivity contribution is 6.06. The Labute approximate surface area is 120 Å². The highest BCUT2D eigenvalue weighted by Gasteiger charge is 2.24. The second kappa shape index (κ2) is 5.21. The molecule has 0 atom stereocenters. The summed E-state index contributed by atoms with van der Waals surface area (Å²) in [5.74, 6) is -0.325. The minimum Gasteiger partial charge on any atom is -0.508 e. The lowest BCUT2D eigenvalue weighted by atomic mass is 10.1. The largest absolute Gasteiger partial charge is 0.508 e. The van der Waals surface area contributed by atoms with Crippen molar-refractivity contribution in [1.82, 2.24) is 0 Å². The molecule has 0 saturated carbocycles. The van der Waals surface area contributed by atoms with E-state index in [0.717, 1.165) is 0 Å². The molecule has 2 heterocycles. The molecule has 2 aromatic rings. The van der Waals surface area contributed by atoms with Crippen LogP contribution < -0.4 is 10.5 Å². The molecule has 1 aromatic carbocycles. The van der Waals surface area contributed by atoms with Crippen LogP contribution in [0, 0.1) is 0 Å². The van der Waals surface area contributed by atoms with Gasteiger partial charge in [0.05, 0.1) is 18.9 Å². The van der Waals surface area contributed by atoms with Crippen molar-refractivity contribution in [2.75, 3.05) is 31.2 Å². The predicted molar refractivity (Wildman–Crippen MR) is 77.2 cm³/mol. The van der Waals surface area contributed by atoms with E-state index >= 15 is 0 Å². The molecule has 1 fully saturated rings. The van der Waals surface area contributed by atoms with Crippen molar-refractivity contribution in [3.63, 3.8) is 0 Å². The molecule has 0 aliphatic carbocycles. The zero-order valence-corrected chi connectivity index (χ0v) is 11.6. The van der Waals surface area contributed by atoms with Crippen LogP contribution in [0.4, 0.5) is 5.69 Å². The van der Waals surface area contributed by atoms with Crippen molar-refractivity contribution in [2.24, 2.45) is 0 Å². The van der Waals surface area contributed by atoms with Gasteiger partial charge in [-0.2, -0.15) is 0 Å². The van der Waals surface area contributed by atoms with Gasteiger partial charge in [0.15, 0.2) is 5.78 Å². The number of aromatic hydroxyl groups is 1. The van der Waals surface area contributed by atoms with Gasteiger partial charge in [-0.05, 0) is 19.1 Å². The summed E-state index contributed by atoms with van der Waals surface area (Å²) in [4.78, 5) is 26.0. The van der Waals surface area contributed by atoms with Gasteiger partial charge in [0.25, 0.3) is 0 Å². The first-order valence-electron chi connectivity index (χ1n) is 6.71. The monoisotopic (exact) mass is 289 g/mol. The molecule has 0 spiro atoms. The number of hydrogen-bond acceptors (Lipinski definition) is 6. The average molecular weight is 289 g/mol. The fourth-order valence-corrected chi connectivity index (χ4v) is 2.60. The summed E-state index contributed by atoms with van der Waals surface area (Å²) >= 11 is 0. The lowest BCUT2D eigenvalue weighted by molar-refractivity contribution is 0.101. The number of ketones is 1. The van der Waals surface area contributed by atoms with Gasteiger partial charge in [0.2, 0.25) is 0 Å². The minimum atomic E-state index is -0.679. The van der Waals surface area contributed by atoms with Crippen molar-refractivity contribution in [2.45, 2.75) is 6.92 Å². The third-order valence-electron chi connectivity index (χ3n) is 3.54. The Morgan fingerprint density at radius 1 is 1.29 bits per heavy atom. The normalized spacial score (nSPS) is 15.4. The number of phenolic OH excluding ortho intramolecular Hbond substituents is 1. The highest BCUT2D eigenvalue weighted by Crippen LogP contribution is 2.31. The average Bonchev–Trinajstić information content (AvgIpc) is 2.46. The van der Waals surface area contributed by atoms with Crippen molar-refractivity contribution in [3.05, 3.63) is 34.2 Å². The van der Waals surface area contributed by atoms with Gasteiger partial charge in [-0.25, -0.2) is 4.79 Å². The first-order valence-corrected chi connectivity index (χ1v) is 6.71. The van der Waals surface area contributed by atoms with Gasteiger partial charge in [-0.1, -0.05) is 0 Å². The summed E-state index contributed by atoms with van der Waals surface area (Å²) in [6.07, 6.45) is 0. The highest BCUT2D eigenvalue weighted by atomic mass is 16.5. The van der Waals surface area contributed by atoms with E-state index in [9.17, 15) is 14.7 Å². The number of fused-ring (bicyclic) bond motifs is 1. The Morgan fingerprint density at radius 2 is 2.00 bits per heavy atom. The number of rotatable bonds is 2. The van der Waals surface area contributed by atoms with Crippen LogP contribution >= 0.6 is 0 Å². The standard InChI is InChI=1S/C15H15NO5/c1-9(17)13-14(16-4-6-20-7-5-16)11-3-2-10(18)8-12(11)21-15(13)19/h2-3,8,18H,4-7H2,1H3. The van der Waals surface area contributed by atoms with Crippen LogP contribution in [0.1, 0.15) is 17.3 Å². The number of hydrogen-bond donors (Lipinski definition) is 1. The zero-order chi connectivity index (χ0) is 15.0. The van der Waals surface area contributed by atoms with Crippen LogP contribution in [0.15, 0.2) is 27.4 Å². The van der Waals surface area contributed by atoms with Crippen molar-refractivity contribution in [3.8, 4) is 5.75 Å². The summed E-state index contributed by atoms with van der Waals surface area (Å²) in [6.45, 7) is 3.62. The molecule has 6 nitrogen and oxygen atoms in total. The van der Waals surface area contributed by atoms with Gasteiger partial charge in [-0.15, -0.1) is 0 Å². The van der Waals surface area contributed by atoms with Crippen LogP contribution in [-0.4, -0.2) is 37.2 Å². The summed E-state index contributed by atoms with van der Waals surface area (Å²) in [7, 11) is 0. The minimum absolute atomic E-state index is 0.00847.